The second-order valence-electron chi connectivity index (χ2n) is 2.66. The van der Waals surface area contributed by atoms with Crippen LogP contribution in [0.3, 0.4) is 0 Å². The first kappa shape index (κ1) is 3.34. The highest BCUT2D eigenvalue weighted by Gasteiger charge is 2.12. The van der Waals surface area contributed by atoms with Crippen molar-refractivity contribution in [3.8, 4) is 0 Å². The monoisotopic (exact) mass is 280 g/mol. The van der Waals surface area contributed by atoms with Crippen LogP contribution in [0.15, 0.2) is 0 Å². The lowest BCUT2D eigenvalue weighted by Gasteiger charge is -2.16. The Morgan fingerprint density at radius 2 is 2.00 bits per heavy atom. The van der Waals surface area contributed by atoms with E-state index in [1.54, 1.807) is 19.6 Å². The van der Waals surface area contributed by atoms with Gasteiger partial charge in [-0.3, -0.25) is 0 Å². The van der Waals surface area contributed by atoms with Crippen LogP contribution in [-0.2, 0) is 4.43 Å². The zero-order chi connectivity index (χ0) is 15.2. The molecule has 10 heavy (non-hydrogen) atoms. The molecule has 0 aliphatic carbocycles. The fourth-order valence-corrected chi connectivity index (χ4v) is 0.720. The summed E-state index contributed by atoms with van der Waals surface area (Å²) in [5.41, 5.74) is 0. The average Bonchev–Trinajstić information content (AvgIpc) is 1.95. The molecule has 0 aliphatic rings. The third kappa shape index (κ3) is 8.91. The Labute approximate surface area is 90.0 Å². The van der Waals surface area contributed by atoms with Gasteiger partial charge in [0.15, 0.2) is 8.32 Å². The van der Waals surface area contributed by atoms with Gasteiger partial charge in [-0.2, -0.15) is 0 Å². The number of hydrogen-bond acceptors (Lipinski definition) is 1. The largest absolute Gasteiger partial charge is 0.418 e. The van der Waals surface area contributed by atoms with Crippen LogP contribution >= 0.6 is 22.6 Å². The molecule has 0 aliphatic heterocycles. The van der Waals surface area contributed by atoms with Crippen molar-refractivity contribution in [3.05, 3.63) is 0 Å². The lowest BCUT2D eigenvalue weighted by atomic mass is 10.4. The molecular weight excluding hydrogens is 255 g/mol. The van der Waals surface area contributed by atoms with E-state index in [4.69, 9.17) is 15.4 Å². The van der Waals surface area contributed by atoms with Crippen molar-refractivity contribution in [1.82, 2.24) is 0 Å². The van der Waals surface area contributed by atoms with Gasteiger partial charge in [-0.15, -0.1) is 0 Å². The van der Waals surface area contributed by atoms with Gasteiger partial charge >= 0.3 is 0 Å². The quantitative estimate of drug-likeness (QED) is 0.427. The summed E-state index contributed by atoms with van der Waals surface area (Å²) in [7, 11) is -2.45. The fraction of sp³-hybridized carbons (Fsp3) is 1.00. The van der Waals surface area contributed by atoms with Gasteiger partial charge in [0.2, 0.25) is 0 Å². The minimum Gasteiger partial charge on any atom is -0.418 e. The molecule has 0 radical (unpaired) electrons. The Bertz CT molecular complexity index is 308. The van der Waals surface area contributed by atoms with Crippen LogP contribution < -0.4 is 0 Å². The van der Waals surface area contributed by atoms with Gasteiger partial charge in [0.05, 0.1) is 2.74 Å². The third-order valence-corrected chi connectivity index (χ3v) is 1.50. The summed E-state index contributed by atoms with van der Waals surface area (Å²) in [6.45, 7) is 2.04. The highest BCUT2D eigenvalue weighted by molar-refractivity contribution is 14.1. The summed E-state index contributed by atoms with van der Waals surface area (Å²) < 4.78 is 62.7. The average molecular weight is 280 g/mol. The summed E-state index contributed by atoms with van der Waals surface area (Å²) in [5.74, 6) is 0. The molecule has 0 saturated carbocycles. The molecule has 1 nitrogen and oxygen atoms in total. The maximum atomic E-state index is 7.64. The van der Waals surface area contributed by atoms with E-state index >= 15 is 0 Å². The highest BCUT2D eigenvalue weighted by Crippen LogP contribution is 2.04. The summed E-state index contributed by atoms with van der Waals surface area (Å²) in [6, 6.07) is 0. The summed E-state index contributed by atoms with van der Waals surface area (Å²) in [6.07, 6.45) is -6.16. The van der Waals surface area contributed by atoms with Gasteiger partial charge in [-0.05, 0) is 36.8 Å². The van der Waals surface area contributed by atoms with Crippen molar-refractivity contribution < 1.29 is 15.4 Å². The molecule has 0 fully saturated rings. The second-order valence-corrected chi connectivity index (χ2v) is 7.63. The normalized spacial score (nSPS) is 29.6. The Morgan fingerprint density at radius 1 is 1.40 bits per heavy atom. The van der Waals surface area contributed by atoms with Gasteiger partial charge in [-0.1, -0.05) is 22.6 Å². The van der Waals surface area contributed by atoms with Crippen molar-refractivity contribution in [2.75, 3.05) is 10.9 Å². The Kier molecular flexibility index (Phi) is 1.85. The predicted octanol–water partition coefficient (Wildman–Crippen LogP) is 3.05. The minimum absolute atomic E-state index is 1.13. The summed E-state index contributed by atoms with van der Waals surface area (Å²) in [5, 5.41) is 0. The maximum absolute atomic E-state index is 7.64. The van der Waals surface area contributed by atoms with Crippen molar-refractivity contribution in [1.29, 1.82) is 0 Å². The van der Waals surface area contributed by atoms with Gasteiger partial charge in [0.25, 0.3) is 0 Å². The van der Waals surface area contributed by atoms with E-state index in [0.717, 1.165) is 22.6 Å². The molecule has 0 aromatic carbocycles. The minimum atomic E-state index is -3.12. The van der Waals surface area contributed by atoms with Gasteiger partial charge in [0, 0.05) is 14.8 Å². The van der Waals surface area contributed by atoms with E-state index in [-0.39, 0.29) is 0 Å². The molecule has 0 aromatic heterocycles. The number of halogens is 1. The van der Waals surface area contributed by atoms with E-state index in [0.29, 0.717) is 0 Å². The van der Waals surface area contributed by atoms with Crippen molar-refractivity contribution in [3.63, 3.8) is 0 Å². The summed E-state index contributed by atoms with van der Waals surface area (Å²) >= 11 is 1.13. The second kappa shape index (κ2) is 5.54. The van der Waals surface area contributed by atoms with Crippen LogP contribution in [-0.4, -0.2) is 19.3 Å². The number of hydrogen-bond donors (Lipinski definition) is 0. The van der Waals surface area contributed by atoms with Gasteiger partial charge in [-0.25, -0.2) is 0 Å². The molecule has 0 heterocycles. The molecule has 0 bridgehead atoms. The lowest BCUT2D eigenvalue weighted by Crippen LogP contribution is -2.25. The first-order valence-electron chi connectivity index (χ1n) is 6.85. The smallest absolute Gasteiger partial charge is 0.183 e. The SMILES string of the molecule is [2H]C([2H])(I)C([2H])([2H])C([2H])([2H])C([2H])([2H])O[Si](C)(C)C. The van der Waals surface area contributed by atoms with Crippen LogP contribution in [0.1, 0.15) is 23.7 Å². The maximum Gasteiger partial charge on any atom is 0.183 e. The molecule has 0 saturated heterocycles. The fourth-order valence-electron chi connectivity index (χ4n) is 0.228. The zero-order valence-electron chi connectivity index (χ0n) is 14.3. The number of alkyl halides is 1. The Morgan fingerprint density at radius 3 is 2.40 bits per heavy atom. The van der Waals surface area contributed by atoms with Crippen molar-refractivity contribution in [2.45, 2.75) is 32.4 Å². The van der Waals surface area contributed by atoms with Crippen LogP contribution in [0.2, 0.25) is 19.6 Å². The molecule has 0 spiro atoms. The molecule has 0 unspecified atom stereocenters. The third-order valence-electron chi connectivity index (χ3n) is 0.518. The van der Waals surface area contributed by atoms with E-state index in [2.05, 4.69) is 0 Å². The molecule has 3 heteroatoms. The Hall–Kier alpha value is 0.907. The zero-order valence-corrected chi connectivity index (χ0v) is 9.44. The lowest BCUT2D eigenvalue weighted by molar-refractivity contribution is 0.304. The van der Waals surface area contributed by atoms with Crippen molar-refractivity contribution >= 4 is 30.9 Å². The molecule has 0 amide bonds. The van der Waals surface area contributed by atoms with E-state index in [1.165, 1.54) is 0 Å². The molecule has 62 valence electrons. The molecule has 0 rings (SSSR count). The number of rotatable bonds is 5. The predicted molar refractivity (Wildman–Crippen MR) is 57.4 cm³/mol. The van der Waals surface area contributed by atoms with Gasteiger partial charge < -0.3 is 4.43 Å². The van der Waals surface area contributed by atoms with Gasteiger partial charge in [0.1, 0.15) is 0 Å². The molecule has 0 aromatic rings. The van der Waals surface area contributed by atoms with Crippen molar-refractivity contribution in [2.24, 2.45) is 0 Å². The molecular formula is C7H17IOSi. The first-order valence-corrected chi connectivity index (χ1v) is 7.33. The van der Waals surface area contributed by atoms with E-state index in [1.807, 2.05) is 0 Å². The molecule has 0 N–H and O–H groups in total. The van der Waals surface area contributed by atoms with E-state index < -0.39 is 32.0 Å². The van der Waals surface area contributed by atoms with Crippen LogP contribution in [0.4, 0.5) is 0 Å². The topological polar surface area (TPSA) is 9.23 Å². The first-order chi connectivity index (χ1) is 7.46. The highest BCUT2D eigenvalue weighted by atomic mass is 127. The summed E-state index contributed by atoms with van der Waals surface area (Å²) in [4.78, 5) is 0. The Balaban J connectivity index is 5.50. The van der Waals surface area contributed by atoms with Crippen LogP contribution in [0.5, 0.6) is 0 Å². The van der Waals surface area contributed by atoms with Crippen LogP contribution in [0, 0.1) is 0 Å². The molecule has 0 atom stereocenters. The van der Waals surface area contributed by atoms with Crippen LogP contribution in [0.25, 0.3) is 0 Å². The van der Waals surface area contributed by atoms with E-state index in [9.17, 15) is 0 Å². The standard InChI is InChI=1S/C7H17IOSi/c1-10(2,3)9-7-5-4-6-8/h4-7H2,1-3H3/i4D2,5D2,6D2,7D2.